The van der Waals surface area contributed by atoms with E-state index in [4.69, 9.17) is 14.3 Å². The van der Waals surface area contributed by atoms with E-state index in [0.29, 0.717) is 11.5 Å². The van der Waals surface area contributed by atoms with Crippen molar-refractivity contribution in [1.82, 2.24) is 0 Å². The lowest BCUT2D eigenvalue weighted by Crippen LogP contribution is -1.96. The molecule has 0 bridgehead atoms. The van der Waals surface area contributed by atoms with Crippen LogP contribution < -0.4 is 4.74 Å². The second kappa shape index (κ2) is 6.10. The number of carboxylic acid groups (broad SMARTS) is 1. The van der Waals surface area contributed by atoms with Gasteiger partial charge in [0.1, 0.15) is 29.4 Å². The minimum absolute atomic E-state index is 0.172. The zero-order valence-corrected chi connectivity index (χ0v) is 11.4. The van der Waals surface area contributed by atoms with Crippen molar-refractivity contribution in [2.75, 3.05) is 0 Å². The SMILES string of the molecule is C/C=C/c1ccccc1OCc1cc(C(=O)O)c(C)o1. The van der Waals surface area contributed by atoms with E-state index in [1.807, 2.05) is 43.3 Å². The Morgan fingerprint density at radius 1 is 1.40 bits per heavy atom. The second-order valence-corrected chi connectivity index (χ2v) is 4.31. The maximum atomic E-state index is 10.9. The average Bonchev–Trinajstić information content (AvgIpc) is 2.79. The van der Waals surface area contributed by atoms with E-state index in [2.05, 4.69) is 0 Å². The molecule has 0 atom stereocenters. The molecule has 0 amide bonds. The summed E-state index contributed by atoms with van der Waals surface area (Å²) in [5, 5.41) is 8.97. The summed E-state index contributed by atoms with van der Waals surface area (Å²) < 4.78 is 11.1. The fraction of sp³-hybridized carbons (Fsp3) is 0.188. The van der Waals surface area contributed by atoms with Crippen LogP contribution in [0.25, 0.3) is 6.08 Å². The molecule has 0 radical (unpaired) electrons. The summed E-state index contributed by atoms with van der Waals surface area (Å²) in [6.07, 6.45) is 3.88. The fourth-order valence-corrected chi connectivity index (χ4v) is 1.91. The van der Waals surface area contributed by atoms with Gasteiger partial charge in [0.2, 0.25) is 0 Å². The van der Waals surface area contributed by atoms with E-state index >= 15 is 0 Å². The van der Waals surface area contributed by atoms with Gasteiger partial charge in [0.25, 0.3) is 0 Å². The molecule has 2 rings (SSSR count). The molecule has 104 valence electrons. The van der Waals surface area contributed by atoms with Gasteiger partial charge in [-0.2, -0.15) is 0 Å². The van der Waals surface area contributed by atoms with E-state index < -0.39 is 5.97 Å². The minimum atomic E-state index is -0.994. The molecule has 0 unspecified atom stereocenters. The first-order chi connectivity index (χ1) is 9.61. The first-order valence-corrected chi connectivity index (χ1v) is 6.29. The molecule has 0 fully saturated rings. The normalized spacial score (nSPS) is 10.9. The van der Waals surface area contributed by atoms with Gasteiger partial charge in [-0.1, -0.05) is 30.4 Å². The van der Waals surface area contributed by atoms with E-state index in [-0.39, 0.29) is 12.2 Å². The molecule has 20 heavy (non-hydrogen) atoms. The fourth-order valence-electron chi connectivity index (χ4n) is 1.91. The van der Waals surface area contributed by atoms with Crippen molar-refractivity contribution in [3.63, 3.8) is 0 Å². The molecule has 2 aromatic rings. The molecule has 0 saturated heterocycles. The number of para-hydroxylation sites is 1. The smallest absolute Gasteiger partial charge is 0.339 e. The maximum absolute atomic E-state index is 10.9. The van der Waals surface area contributed by atoms with Crippen LogP contribution in [0.4, 0.5) is 0 Å². The van der Waals surface area contributed by atoms with Gasteiger partial charge < -0.3 is 14.3 Å². The van der Waals surface area contributed by atoms with Crippen molar-refractivity contribution >= 4 is 12.0 Å². The Morgan fingerprint density at radius 2 is 2.15 bits per heavy atom. The van der Waals surface area contributed by atoms with Crippen LogP contribution in [-0.2, 0) is 6.61 Å². The van der Waals surface area contributed by atoms with Crippen LogP contribution >= 0.6 is 0 Å². The van der Waals surface area contributed by atoms with Gasteiger partial charge in [-0.05, 0) is 26.0 Å². The topological polar surface area (TPSA) is 59.7 Å². The quantitative estimate of drug-likeness (QED) is 0.896. The monoisotopic (exact) mass is 272 g/mol. The number of ether oxygens (including phenoxy) is 1. The number of benzene rings is 1. The molecule has 4 heteroatoms. The number of carboxylic acids is 1. The molecule has 0 aliphatic rings. The van der Waals surface area contributed by atoms with Crippen molar-refractivity contribution in [3.05, 3.63) is 59.1 Å². The van der Waals surface area contributed by atoms with E-state index in [1.54, 1.807) is 6.92 Å². The molecule has 1 N–H and O–H groups in total. The van der Waals surface area contributed by atoms with Crippen molar-refractivity contribution in [2.24, 2.45) is 0 Å². The van der Waals surface area contributed by atoms with Gasteiger partial charge in [0.15, 0.2) is 0 Å². The Hall–Kier alpha value is -2.49. The molecule has 4 nitrogen and oxygen atoms in total. The van der Waals surface area contributed by atoms with E-state index in [0.717, 1.165) is 11.3 Å². The summed E-state index contributed by atoms with van der Waals surface area (Å²) in [5.74, 6) is 0.622. The predicted octanol–water partition coefficient (Wildman–Crippen LogP) is 3.90. The highest BCUT2D eigenvalue weighted by Gasteiger charge is 2.14. The minimum Gasteiger partial charge on any atom is -0.485 e. The van der Waals surface area contributed by atoms with Crippen molar-refractivity contribution in [2.45, 2.75) is 20.5 Å². The van der Waals surface area contributed by atoms with Crippen LogP contribution in [-0.4, -0.2) is 11.1 Å². The Labute approximate surface area is 117 Å². The highest BCUT2D eigenvalue weighted by atomic mass is 16.5. The largest absolute Gasteiger partial charge is 0.485 e. The Morgan fingerprint density at radius 3 is 2.80 bits per heavy atom. The number of allylic oxidation sites excluding steroid dienone is 1. The van der Waals surface area contributed by atoms with Crippen LogP contribution in [0.3, 0.4) is 0 Å². The third-order valence-electron chi connectivity index (χ3n) is 2.83. The molecule has 0 aliphatic carbocycles. The van der Waals surface area contributed by atoms with Crippen molar-refractivity contribution < 1.29 is 19.1 Å². The summed E-state index contributed by atoms with van der Waals surface area (Å²) in [6.45, 7) is 3.76. The Balaban J connectivity index is 2.13. The predicted molar refractivity (Wildman–Crippen MR) is 75.9 cm³/mol. The molecule has 0 saturated carbocycles. The molecular weight excluding hydrogens is 256 g/mol. The summed E-state index contributed by atoms with van der Waals surface area (Å²) in [6, 6.07) is 9.13. The van der Waals surface area contributed by atoms with Gasteiger partial charge in [0, 0.05) is 5.56 Å². The lowest BCUT2D eigenvalue weighted by atomic mass is 10.2. The molecule has 0 aliphatic heterocycles. The third-order valence-corrected chi connectivity index (χ3v) is 2.83. The number of aromatic carboxylic acids is 1. The number of carbonyl (C=O) groups is 1. The summed E-state index contributed by atoms with van der Waals surface area (Å²) in [5.41, 5.74) is 1.14. The summed E-state index contributed by atoms with van der Waals surface area (Å²) in [7, 11) is 0. The van der Waals surface area contributed by atoms with Crippen LogP contribution in [0.15, 0.2) is 40.8 Å². The molecule has 1 aromatic carbocycles. The molecule has 1 aromatic heterocycles. The number of furan rings is 1. The number of hydrogen-bond acceptors (Lipinski definition) is 3. The Kier molecular flexibility index (Phi) is 4.25. The first kappa shape index (κ1) is 13.9. The highest BCUT2D eigenvalue weighted by molar-refractivity contribution is 5.88. The second-order valence-electron chi connectivity index (χ2n) is 4.31. The Bertz CT molecular complexity index is 638. The lowest BCUT2D eigenvalue weighted by Gasteiger charge is -2.07. The first-order valence-electron chi connectivity index (χ1n) is 6.29. The van der Waals surface area contributed by atoms with Gasteiger partial charge in [-0.15, -0.1) is 0 Å². The number of hydrogen-bond donors (Lipinski definition) is 1. The zero-order chi connectivity index (χ0) is 14.5. The lowest BCUT2D eigenvalue weighted by molar-refractivity contribution is 0.0695. The molecular formula is C16H16O4. The third kappa shape index (κ3) is 3.09. The van der Waals surface area contributed by atoms with Gasteiger partial charge in [-0.25, -0.2) is 4.79 Å². The van der Waals surface area contributed by atoms with Crippen LogP contribution in [0, 0.1) is 6.92 Å². The average molecular weight is 272 g/mol. The summed E-state index contributed by atoms with van der Waals surface area (Å²) in [4.78, 5) is 10.9. The van der Waals surface area contributed by atoms with Gasteiger partial charge >= 0.3 is 5.97 Å². The van der Waals surface area contributed by atoms with E-state index in [9.17, 15) is 4.79 Å². The molecule has 1 heterocycles. The van der Waals surface area contributed by atoms with Gasteiger partial charge in [0.05, 0.1) is 0 Å². The van der Waals surface area contributed by atoms with Gasteiger partial charge in [-0.3, -0.25) is 0 Å². The standard InChI is InChI=1S/C16H16O4/c1-3-6-12-7-4-5-8-15(12)19-10-13-9-14(16(17)18)11(2)20-13/h3-9H,10H2,1-2H3,(H,17,18)/b6-3+. The van der Waals surface area contributed by atoms with Crippen LogP contribution in [0.5, 0.6) is 5.75 Å². The summed E-state index contributed by atoms with van der Waals surface area (Å²) >= 11 is 0. The zero-order valence-electron chi connectivity index (χ0n) is 11.4. The van der Waals surface area contributed by atoms with Crippen molar-refractivity contribution in [1.29, 1.82) is 0 Å². The van der Waals surface area contributed by atoms with Crippen molar-refractivity contribution in [3.8, 4) is 5.75 Å². The maximum Gasteiger partial charge on any atom is 0.339 e. The number of aryl methyl sites for hydroxylation is 1. The van der Waals surface area contributed by atoms with E-state index in [1.165, 1.54) is 6.07 Å². The van der Waals surface area contributed by atoms with Crippen LogP contribution in [0.2, 0.25) is 0 Å². The molecule has 0 spiro atoms. The highest BCUT2D eigenvalue weighted by Crippen LogP contribution is 2.22. The number of rotatable bonds is 5. The van der Waals surface area contributed by atoms with Crippen LogP contribution in [0.1, 0.15) is 34.4 Å².